The van der Waals surface area contributed by atoms with Crippen LogP contribution in [0.1, 0.15) is 19.0 Å². The van der Waals surface area contributed by atoms with Crippen LogP contribution in [0.15, 0.2) is 19.0 Å². The third-order valence-corrected chi connectivity index (χ3v) is 3.07. The molecule has 1 saturated heterocycles. The first kappa shape index (κ1) is 13.0. The molecule has 0 aliphatic carbocycles. The Labute approximate surface area is 106 Å². The highest BCUT2D eigenvalue weighted by atomic mass is 19.1. The topological polar surface area (TPSA) is 38.2 Å². The Morgan fingerprint density at radius 1 is 1.61 bits per heavy atom. The molecule has 0 bridgehead atoms. The van der Waals surface area contributed by atoms with Crippen molar-refractivity contribution in [1.29, 1.82) is 0 Å². The van der Waals surface area contributed by atoms with Gasteiger partial charge in [-0.25, -0.2) is 14.4 Å². The lowest BCUT2D eigenvalue weighted by atomic mass is 10.3. The Bertz CT molecular complexity index is 425. The molecule has 0 saturated carbocycles. The molecule has 1 unspecified atom stereocenters. The monoisotopic (exact) mass is 251 g/mol. The van der Waals surface area contributed by atoms with Crippen molar-refractivity contribution in [2.75, 3.05) is 24.6 Å². The van der Waals surface area contributed by atoms with Crippen molar-refractivity contribution in [3.63, 3.8) is 0 Å². The molecule has 2 rings (SSSR count). The smallest absolute Gasteiger partial charge is 0.187 e. The predicted molar refractivity (Wildman–Crippen MR) is 68.1 cm³/mol. The van der Waals surface area contributed by atoms with Gasteiger partial charge in [0, 0.05) is 13.1 Å². The van der Waals surface area contributed by atoms with Gasteiger partial charge in [0.15, 0.2) is 11.6 Å². The molecule has 98 valence electrons. The van der Waals surface area contributed by atoms with Crippen LogP contribution in [-0.4, -0.2) is 35.8 Å². The second-order valence-corrected chi connectivity index (χ2v) is 4.29. The molecule has 1 aliphatic heterocycles. The predicted octanol–water partition coefficient (Wildman–Crippen LogP) is 1.96. The molecule has 0 radical (unpaired) electrons. The Kier molecular flexibility index (Phi) is 4.25. The lowest BCUT2D eigenvalue weighted by molar-refractivity contribution is 0.0908. The van der Waals surface area contributed by atoms with E-state index >= 15 is 0 Å². The average molecular weight is 251 g/mol. The van der Waals surface area contributed by atoms with E-state index in [0.29, 0.717) is 31.1 Å². The van der Waals surface area contributed by atoms with Crippen molar-refractivity contribution < 1.29 is 9.13 Å². The molecular formula is C13H18FN3O. The largest absolute Gasteiger partial charge is 0.372 e. The van der Waals surface area contributed by atoms with Gasteiger partial charge in [-0.05, 0) is 12.8 Å². The summed E-state index contributed by atoms with van der Waals surface area (Å²) in [7, 11) is 0. The maximum absolute atomic E-state index is 14.1. The summed E-state index contributed by atoms with van der Waals surface area (Å²) >= 11 is 0. The fourth-order valence-corrected chi connectivity index (χ4v) is 2.12. The third kappa shape index (κ3) is 2.67. The SMILES string of the molecule is C=CCOC1CCN(c2ncnc(CC)c2F)C1. The minimum absolute atomic E-state index is 0.127. The van der Waals surface area contributed by atoms with Crippen molar-refractivity contribution in [2.45, 2.75) is 25.9 Å². The molecule has 0 N–H and O–H groups in total. The summed E-state index contributed by atoms with van der Waals surface area (Å²) in [6, 6.07) is 0. The zero-order valence-corrected chi connectivity index (χ0v) is 10.6. The normalized spacial score (nSPS) is 19.2. The molecule has 1 aliphatic rings. The van der Waals surface area contributed by atoms with E-state index < -0.39 is 0 Å². The van der Waals surface area contributed by atoms with Crippen molar-refractivity contribution in [2.24, 2.45) is 0 Å². The van der Waals surface area contributed by atoms with Gasteiger partial charge in [0.25, 0.3) is 0 Å². The van der Waals surface area contributed by atoms with Crippen LogP contribution in [0.25, 0.3) is 0 Å². The molecule has 0 spiro atoms. The van der Waals surface area contributed by atoms with Crippen LogP contribution in [-0.2, 0) is 11.2 Å². The van der Waals surface area contributed by atoms with Crippen molar-refractivity contribution >= 4 is 5.82 Å². The number of ether oxygens (including phenoxy) is 1. The van der Waals surface area contributed by atoms with Gasteiger partial charge in [-0.15, -0.1) is 6.58 Å². The van der Waals surface area contributed by atoms with Crippen LogP contribution in [0.4, 0.5) is 10.2 Å². The number of nitrogens with zero attached hydrogens (tertiary/aromatic N) is 3. The zero-order valence-electron chi connectivity index (χ0n) is 10.6. The highest BCUT2D eigenvalue weighted by Gasteiger charge is 2.26. The van der Waals surface area contributed by atoms with E-state index in [1.807, 2.05) is 11.8 Å². The number of halogens is 1. The standard InChI is InChI=1S/C13H18FN3O/c1-3-7-18-10-5-6-17(8-10)13-12(14)11(4-2)15-9-16-13/h3,9-10H,1,4-8H2,2H3. The van der Waals surface area contributed by atoms with E-state index in [4.69, 9.17) is 4.74 Å². The molecule has 1 aromatic rings. The van der Waals surface area contributed by atoms with Gasteiger partial charge in [-0.2, -0.15) is 0 Å². The van der Waals surface area contributed by atoms with Crippen molar-refractivity contribution in [1.82, 2.24) is 9.97 Å². The second-order valence-electron chi connectivity index (χ2n) is 4.29. The molecule has 0 aromatic carbocycles. The number of aromatic nitrogens is 2. The summed E-state index contributed by atoms with van der Waals surface area (Å²) in [4.78, 5) is 9.91. The number of hydrogen-bond acceptors (Lipinski definition) is 4. The minimum Gasteiger partial charge on any atom is -0.372 e. The fourth-order valence-electron chi connectivity index (χ4n) is 2.12. The van der Waals surface area contributed by atoms with Gasteiger partial charge in [-0.3, -0.25) is 0 Å². The Balaban J connectivity index is 2.07. The van der Waals surface area contributed by atoms with E-state index in [1.54, 1.807) is 6.08 Å². The van der Waals surface area contributed by atoms with E-state index in [9.17, 15) is 4.39 Å². The average Bonchev–Trinajstić information content (AvgIpc) is 2.85. The first-order valence-electron chi connectivity index (χ1n) is 6.23. The summed E-state index contributed by atoms with van der Waals surface area (Å²) in [6.07, 6.45) is 4.74. The van der Waals surface area contributed by atoms with Crippen LogP contribution in [0.3, 0.4) is 0 Å². The summed E-state index contributed by atoms with van der Waals surface area (Å²) in [5.74, 6) is 0.0934. The van der Waals surface area contributed by atoms with Crippen LogP contribution in [0.5, 0.6) is 0 Å². The minimum atomic E-state index is -0.302. The lowest BCUT2D eigenvalue weighted by Gasteiger charge is -2.18. The highest BCUT2D eigenvalue weighted by molar-refractivity contribution is 5.42. The maximum Gasteiger partial charge on any atom is 0.187 e. The molecule has 5 heteroatoms. The van der Waals surface area contributed by atoms with Crippen LogP contribution < -0.4 is 4.90 Å². The second kappa shape index (κ2) is 5.91. The molecule has 1 atom stereocenters. The molecule has 1 fully saturated rings. The number of aryl methyl sites for hydroxylation is 1. The number of hydrogen-bond donors (Lipinski definition) is 0. The van der Waals surface area contributed by atoms with E-state index in [2.05, 4.69) is 16.5 Å². The zero-order chi connectivity index (χ0) is 13.0. The van der Waals surface area contributed by atoms with E-state index in [1.165, 1.54) is 6.33 Å². The first-order chi connectivity index (χ1) is 8.76. The highest BCUT2D eigenvalue weighted by Crippen LogP contribution is 2.23. The summed E-state index contributed by atoms with van der Waals surface area (Å²) in [5, 5.41) is 0. The van der Waals surface area contributed by atoms with Crippen LogP contribution in [0.2, 0.25) is 0 Å². The number of rotatable bonds is 5. The molecule has 18 heavy (non-hydrogen) atoms. The first-order valence-corrected chi connectivity index (χ1v) is 6.23. The van der Waals surface area contributed by atoms with E-state index in [0.717, 1.165) is 13.0 Å². The summed E-state index contributed by atoms with van der Waals surface area (Å²) < 4.78 is 19.7. The van der Waals surface area contributed by atoms with Gasteiger partial charge < -0.3 is 9.64 Å². The third-order valence-electron chi connectivity index (χ3n) is 3.07. The lowest BCUT2D eigenvalue weighted by Crippen LogP contribution is -2.25. The van der Waals surface area contributed by atoms with Crippen LogP contribution >= 0.6 is 0 Å². The Hall–Kier alpha value is -1.49. The molecule has 4 nitrogen and oxygen atoms in total. The van der Waals surface area contributed by atoms with E-state index in [-0.39, 0.29) is 11.9 Å². The molecular weight excluding hydrogens is 233 g/mol. The van der Waals surface area contributed by atoms with Gasteiger partial charge in [0.2, 0.25) is 0 Å². The van der Waals surface area contributed by atoms with Crippen LogP contribution in [0, 0.1) is 5.82 Å². The van der Waals surface area contributed by atoms with Gasteiger partial charge in [0.1, 0.15) is 6.33 Å². The van der Waals surface area contributed by atoms with Gasteiger partial charge in [-0.1, -0.05) is 13.0 Å². The molecule has 1 aromatic heterocycles. The summed E-state index contributed by atoms with van der Waals surface area (Å²) in [5.41, 5.74) is 0.468. The number of anilines is 1. The molecule has 0 amide bonds. The Morgan fingerprint density at radius 2 is 2.44 bits per heavy atom. The van der Waals surface area contributed by atoms with Crippen molar-refractivity contribution in [3.8, 4) is 0 Å². The fraction of sp³-hybridized carbons (Fsp3) is 0.538. The Morgan fingerprint density at radius 3 is 3.17 bits per heavy atom. The van der Waals surface area contributed by atoms with Crippen molar-refractivity contribution in [3.05, 3.63) is 30.5 Å². The summed E-state index contributed by atoms with van der Waals surface area (Å²) in [6.45, 7) is 7.47. The van der Waals surface area contributed by atoms with Gasteiger partial charge in [0.05, 0.1) is 18.4 Å². The molecule has 2 heterocycles. The van der Waals surface area contributed by atoms with Gasteiger partial charge >= 0.3 is 0 Å². The quantitative estimate of drug-likeness (QED) is 0.750. The maximum atomic E-state index is 14.1.